The fraction of sp³-hybridized carbons (Fsp3) is 0.0714. The predicted molar refractivity (Wildman–Crippen MR) is 71.3 cm³/mol. The lowest BCUT2D eigenvalue weighted by molar-refractivity contribution is -0.118. The highest BCUT2D eigenvalue weighted by atomic mass is 19.1. The van der Waals surface area contributed by atoms with Crippen LogP contribution in [0.4, 0.5) is 24.5 Å². The Morgan fingerprint density at radius 2 is 1.76 bits per heavy atom. The maximum Gasteiger partial charge on any atom is 0.262 e. The molecule has 0 saturated heterocycles. The van der Waals surface area contributed by atoms with Crippen molar-refractivity contribution >= 4 is 17.3 Å². The molecule has 0 atom stereocenters. The molecule has 4 nitrogen and oxygen atoms in total. The average Bonchev–Trinajstić information content (AvgIpc) is 2.40. The van der Waals surface area contributed by atoms with Crippen LogP contribution < -0.4 is 15.8 Å². The first-order chi connectivity index (χ1) is 9.94. The molecule has 3 N–H and O–H groups in total. The van der Waals surface area contributed by atoms with Crippen molar-refractivity contribution in [2.24, 2.45) is 0 Å². The SMILES string of the molecule is Nc1cc(NC(=O)COc2cc(F)cc(F)c2)ccc1F. The Labute approximate surface area is 118 Å². The molecule has 0 aliphatic carbocycles. The number of halogens is 3. The fourth-order valence-corrected chi connectivity index (χ4v) is 1.58. The van der Waals surface area contributed by atoms with Gasteiger partial charge in [-0.15, -0.1) is 0 Å². The molecule has 1 amide bonds. The van der Waals surface area contributed by atoms with Crippen molar-refractivity contribution in [3.63, 3.8) is 0 Å². The van der Waals surface area contributed by atoms with Crippen LogP contribution in [0.15, 0.2) is 36.4 Å². The summed E-state index contributed by atoms with van der Waals surface area (Å²) in [5.41, 5.74) is 5.53. The Morgan fingerprint density at radius 1 is 1.10 bits per heavy atom. The standard InChI is InChI=1S/C14H11F3N2O2/c15-8-3-9(16)5-11(4-8)21-7-14(20)19-10-1-2-12(17)13(18)6-10/h1-6H,7,18H2,(H,19,20). The molecule has 0 bridgehead atoms. The zero-order valence-electron chi connectivity index (χ0n) is 10.7. The lowest BCUT2D eigenvalue weighted by Crippen LogP contribution is -2.20. The largest absolute Gasteiger partial charge is 0.484 e. The van der Waals surface area contributed by atoms with E-state index in [1.165, 1.54) is 12.1 Å². The van der Waals surface area contributed by atoms with Crippen molar-refractivity contribution < 1.29 is 22.7 Å². The minimum atomic E-state index is -0.809. The van der Waals surface area contributed by atoms with Crippen molar-refractivity contribution in [1.29, 1.82) is 0 Å². The molecule has 0 aliphatic rings. The van der Waals surface area contributed by atoms with E-state index < -0.39 is 30.0 Å². The fourth-order valence-electron chi connectivity index (χ4n) is 1.58. The third-order valence-electron chi connectivity index (χ3n) is 2.49. The van der Waals surface area contributed by atoms with E-state index in [9.17, 15) is 18.0 Å². The van der Waals surface area contributed by atoms with Crippen LogP contribution in [-0.4, -0.2) is 12.5 Å². The van der Waals surface area contributed by atoms with Gasteiger partial charge in [0.25, 0.3) is 5.91 Å². The number of amides is 1. The van der Waals surface area contributed by atoms with E-state index in [-0.39, 0.29) is 17.1 Å². The third-order valence-corrected chi connectivity index (χ3v) is 2.49. The second-order valence-corrected chi connectivity index (χ2v) is 4.18. The predicted octanol–water partition coefficient (Wildman–Crippen LogP) is 2.70. The molecule has 0 fully saturated rings. The summed E-state index contributed by atoms with van der Waals surface area (Å²) in [7, 11) is 0. The Balaban J connectivity index is 1.94. The van der Waals surface area contributed by atoms with E-state index in [4.69, 9.17) is 10.5 Å². The quantitative estimate of drug-likeness (QED) is 0.853. The Kier molecular flexibility index (Phi) is 4.32. The van der Waals surface area contributed by atoms with Gasteiger partial charge in [-0.1, -0.05) is 0 Å². The maximum atomic E-state index is 12.9. The summed E-state index contributed by atoms with van der Waals surface area (Å²) < 4.78 is 43.7. The summed E-state index contributed by atoms with van der Waals surface area (Å²) in [6, 6.07) is 6.26. The Bertz CT molecular complexity index is 657. The molecule has 21 heavy (non-hydrogen) atoms. The summed E-state index contributed by atoms with van der Waals surface area (Å²) in [5.74, 6) is -2.90. The number of rotatable bonds is 4. The number of hydrogen-bond acceptors (Lipinski definition) is 3. The molecule has 0 unspecified atom stereocenters. The summed E-state index contributed by atoms with van der Waals surface area (Å²) >= 11 is 0. The molecule has 2 aromatic rings. The first kappa shape index (κ1) is 14.7. The van der Waals surface area contributed by atoms with Crippen LogP contribution in [0.3, 0.4) is 0 Å². The number of hydrogen-bond donors (Lipinski definition) is 2. The van der Waals surface area contributed by atoms with Gasteiger partial charge >= 0.3 is 0 Å². The molecule has 110 valence electrons. The molecule has 2 aromatic carbocycles. The van der Waals surface area contributed by atoms with Gasteiger partial charge in [0.15, 0.2) is 6.61 Å². The second-order valence-electron chi connectivity index (χ2n) is 4.18. The highest BCUT2D eigenvalue weighted by Crippen LogP contribution is 2.17. The van der Waals surface area contributed by atoms with Gasteiger partial charge in [-0.3, -0.25) is 4.79 Å². The van der Waals surface area contributed by atoms with Crippen molar-refractivity contribution in [1.82, 2.24) is 0 Å². The van der Waals surface area contributed by atoms with Crippen LogP contribution in [0.2, 0.25) is 0 Å². The van der Waals surface area contributed by atoms with Crippen LogP contribution in [-0.2, 0) is 4.79 Å². The van der Waals surface area contributed by atoms with E-state index in [0.29, 0.717) is 6.07 Å². The van der Waals surface area contributed by atoms with E-state index in [2.05, 4.69) is 5.32 Å². The molecule has 0 saturated carbocycles. The Hall–Kier alpha value is -2.70. The van der Waals surface area contributed by atoms with Gasteiger partial charge in [0.1, 0.15) is 23.2 Å². The van der Waals surface area contributed by atoms with Crippen LogP contribution in [0.5, 0.6) is 5.75 Å². The lowest BCUT2D eigenvalue weighted by Gasteiger charge is -2.08. The van der Waals surface area contributed by atoms with Crippen LogP contribution >= 0.6 is 0 Å². The van der Waals surface area contributed by atoms with Crippen LogP contribution in [0, 0.1) is 17.5 Å². The zero-order chi connectivity index (χ0) is 15.4. The number of nitrogens with two attached hydrogens (primary N) is 1. The van der Waals surface area contributed by atoms with E-state index >= 15 is 0 Å². The zero-order valence-corrected chi connectivity index (χ0v) is 10.7. The van der Waals surface area contributed by atoms with Crippen molar-refractivity contribution in [2.45, 2.75) is 0 Å². The van der Waals surface area contributed by atoms with Gasteiger partial charge < -0.3 is 15.8 Å². The van der Waals surface area contributed by atoms with Gasteiger partial charge in [0, 0.05) is 23.9 Å². The molecule has 0 heterocycles. The van der Waals surface area contributed by atoms with Crippen LogP contribution in [0.1, 0.15) is 0 Å². The molecule has 0 spiro atoms. The number of benzene rings is 2. The van der Waals surface area contributed by atoms with E-state index in [1.54, 1.807) is 0 Å². The molecule has 7 heteroatoms. The smallest absolute Gasteiger partial charge is 0.262 e. The van der Waals surface area contributed by atoms with Crippen molar-refractivity contribution in [2.75, 3.05) is 17.7 Å². The normalized spacial score (nSPS) is 10.2. The second kappa shape index (κ2) is 6.17. The summed E-state index contributed by atoms with van der Waals surface area (Å²) in [4.78, 5) is 11.6. The molecule has 0 radical (unpaired) electrons. The van der Waals surface area contributed by atoms with Crippen molar-refractivity contribution in [3.05, 3.63) is 53.8 Å². The van der Waals surface area contributed by atoms with Gasteiger partial charge in [-0.25, -0.2) is 13.2 Å². The number of nitrogens with one attached hydrogen (secondary N) is 1. The van der Waals surface area contributed by atoms with Crippen molar-refractivity contribution in [3.8, 4) is 5.75 Å². The highest BCUT2D eigenvalue weighted by molar-refractivity contribution is 5.92. The first-order valence-corrected chi connectivity index (χ1v) is 5.88. The summed E-state index contributed by atoms with van der Waals surface area (Å²) in [6.07, 6.45) is 0. The summed E-state index contributed by atoms with van der Waals surface area (Å²) in [5, 5.41) is 2.41. The number of ether oxygens (including phenoxy) is 1. The van der Waals surface area contributed by atoms with E-state index in [1.807, 2.05) is 0 Å². The monoisotopic (exact) mass is 296 g/mol. The van der Waals surface area contributed by atoms with E-state index in [0.717, 1.165) is 18.2 Å². The molecule has 2 rings (SSSR count). The minimum absolute atomic E-state index is 0.110. The Morgan fingerprint density at radius 3 is 2.38 bits per heavy atom. The highest BCUT2D eigenvalue weighted by Gasteiger charge is 2.07. The summed E-state index contributed by atoms with van der Waals surface area (Å²) in [6.45, 7) is -0.458. The van der Waals surface area contributed by atoms with Gasteiger partial charge in [-0.05, 0) is 18.2 Å². The van der Waals surface area contributed by atoms with Gasteiger partial charge in [0.05, 0.1) is 5.69 Å². The lowest BCUT2D eigenvalue weighted by atomic mass is 10.2. The average molecular weight is 296 g/mol. The van der Waals surface area contributed by atoms with Gasteiger partial charge in [-0.2, -0.15) is 0 Å². The van der Waals surface area contributed by atoms with Crippen LogP contribution in [0.25, 0.3) is 0 Å². The number of nitrogen functional groups attached to an aromatic ring is 1. The topological polar surface area (TPSA) is 64.3 Å². The van der Waals surface area contributed by atoms with Gasteiger partial charge in [0.2, 0.25) is 0 Å². The number of anilines is 2. The third kappa shape index (κ3) is 4.13. The molecular formula is C14H11F3N2O2. The molecule has 0 aliphatic heterocycles. The number of carbonyl (C=O) groups excluding carboxylic acids is 1. The molecular weight excluding hydrogens is 285 g/mol. The first-order valence-electron chi connectivity index (χ1n) is 5.88. The maximum absolute atomic E-state index is 12.9. The minimum Gasteiger partial charge on any atom is -0.484 e. The number of carbonyl (C=O) groups is 1. The molecule has 0 aromatic heterocycles.